The highest BCUT2D eigenvalue weighted by Crippen LogP contribution is 2.49. The molecule has 0 saturated carbocycles. The van der Waals surface area contributed by atoms with Crippen LogP contribution in [0.4, 0.5) is 0 Å². The van der Waals surface area contributed by atoms with Gasteiger partial charge in [0, 0.05) is 32.7 Å². The van der Waals surface area contributed by atoms with E-state index in [1.807, 2.05) is 0 Å². The van der Waals surface area contributed by atoms with Gasteiger partial charge in [-0.1, -0.05) is 158 Å². The van der Waals surface area contributed by atoms with Gasteiger partial charge in [-0.2, -0.15) is 0 Å². The molecule has 0 spiro atoms. The maximum absolute atomic E-state index is 5.77. The summed E-state index contributed by atoms with van der Waals surface area (Å²) in [6, 6.07) is 73.3. The van der Waals surface area contributed by atoms with E-state index in [9.17, 15) is 0 Å². The molecule has 278 valence electrons. The maximum Gasteiger partial charge on any atom is 0.0804 e. The topological polar surface area (TPSA) is 22.8 Å². The van der Waals surface area contributed by atoms with Crippen LogP contribution in [0.5, 0.6) is 0 Å². The first-order valence-electron chi connectivity index (χ1n) is 20.7. The molecule has 3 aromatic heterocycles. The molecule has 0 bridgehead atoms. The standard InChI is InChI=1S/C56H39N3/c1-3-18-37(19-4-1)41-34-47(39-21-5-2-6-22-39)57-48(35-41)55-54-40(24-17-23-38-20-7-8-25-42(38)54)36-53(58-49-30-13-9-26-43(49)44-27-10-14-31-50(44)58)56(55)59-51-32-15-11-28-45(51)46-29-12-16-33-52(46)59/h1-16,18-22,25-36H,17,23-24H2. The lowest BCUT2D eigenvalue weighted by molar-refractivity contribution is 0.833. The summed E-state index contributed by atoms with van der Waals surface area (Å²) in [4.78, 5) is 5.77. The number of aromatic nitrogens is 3. The Kier molecular flexibility index (Phi) is 7.74. The van der Waals surface area contributed by atoms with Crippen LogP contribution in [0.25, 0.3) is 99.8 Å². The van der Waals surface area contributed by atoms with Gasteiger partial charge in [0.2, 0.25) is 0 Å². The van der Waals surface area contributed by atoms with Crippen molar-refractivity contribution in [3.05, 3.63) is 211 Å². The molecule has 0 unspecified atom stereocenters. The summed E-state index contributed by atoms with van der Waals surface area (Å²) in [5.74, 6) is 0. The number of nitrogens with zero attached hydrogens (tertiary/aromatic N) is 3. The Bertz CT molecular complexity index is 3240. The van der Waals surface area contributed by atoms with E-state index in [-0.39, 0.29) is 0 Å². The van der Waals surface area contributed by atoms with Crippen LogP contribution < -0.4 is 0 Å². The van der Waals surface area contributed by atoms with Gasteiger partial charge in [0.1, 0.15) is 0 Å². The van der Waals surface area contributed by atoms with Crippen molar-refractivity contribution in [2.45, 2.75) is 19.3 Å². The lowest BCUT2D eigenvalue weighted by Crippen LogP contribution is -2.10. The molecule has 0 aliphatic heterocycles. The fourth-order valence-corrected chi connectivity index (χ4v) is 9.87. The van der Waals surface area contributed by atoms with E-state index in [0.717, 1.165) is 64.3 Å². The van der Waals surface area contributed by atoms with E-state index in [0.29, 0.717) is 0 Å². The Labute approximate surface area is 343 Å². The van der Waals surface area contributed by atoms with Crippen molar-refractivity contribution in [2.24, 2.45) is 0 Å². The molecule has 0 atom stereocenters. The molecule has 1 aliphatic carbocycles. The minimum absolute atomic E-state index is 0.952. The molecule has 59 heavy (non-hydrogen) atoms. The number of fused-ring (bicyclic) bond motifs is 9. The number of para-hydroxylation sites is 4. The summed E-state index contributed by atoms with van der Waals surface area (Å²) >= 11 is 0. The molecule has 3 heterocycles. The lowest BCUT2D eigenvalue weighted by atomic mass is 9.87. The van der Waals surface area contributed by atoms with Gasteiger partial charge in [-0.05, 0) is 95.1 Å². The van der Waals surface area contributed by atoms with Gasteiger partial charge < -0.3 is 9.13 Å². The highest BCUT2D eigenvalue weighted by Gasteiger charge is 2.30. The second-order valence-corrected chi connectivity index (χ2v) is 15.8. The van der Waals surface area contributed by atoms with Crippen molar-refractivity contribution in [3.8, 4) is 56.1 Å². The van der Waals surface area contributed by atoms with E-state index in [2.05, 4.69) is 209 Å². The molecule has 0 saturated heterocycles. The second kappa shape index (κ2) is 13.6. The average molecular weight is 754 g/mol. The third-order valence-corrected chi connectivity index (χ3v) is 12.4. The fraction of sp³-hybridized carbons (Fsp3) is 0.0536. The number of aryl methyl sites for hydroxylation is 2. The van der Waals surface area contributed by atoms with E-state index >= 15 is 0 Å². The van der Waals surface area contributed by atoms with E-state index in [1.54, 1.807) is 0 Å². The van der Waals surface area contributed by atoms with Crippen LogP contribution >= 0.6 is 0 Å². The van der Waals surface area contributed by atoms with E-state index in [4.69, 9.17) is 4.98 Å². The minimum Gasteiger partial charge on any atom is -0.307 e. The molecule has 12 rings (SSSR count). The monoisotopic (exact) mass is 753 g/mol. The van der Waals surface area contributed by atoms with Gasteiger partial charge in [-0.3, -0.25) is 0 Å². The van der Waals surface area contributed by atoms with Gasteiger partial charge in [-0.25, -0.2) is 4.98 Å². The lowest BCUT2D eigenvalue weighted by Gasteiger charge is -2.26. The number of pyridine rings is 1. The van der Waals surface area contributed by atoms with Crippen molar-refractivity contribution in [1.29, 1.82) is 0 Å². The second-order valence-electron chi connectivity index (χ2n) is 15.8. The molecule has 0 N–H and O–H groups in total. The van der Waals surface area contributed by atoms with Crippen molar-refractivity contribution >= 4 is 43.6 Å². The normalized spacial score (nSPS) is 12.5. The van der Waals surface area contributed by atoms with Crippen LogP contribution in [0.3, 0.4) is 0 Å². The zero-order valence-corrected chi connectivity index (χ0v) is 32.5. The molecule has 3 nitrogen and oxygen atoms in total. The number of hydrogen-bond acceptors (Lipinski definition) is 1. The summed E-state index contributed by atoms with van der Waals surface area (Å²) < 4.78 is 5.08. The van der Waals surface area contributed by atoms with Crippen LogP contribution in [0.1, 0.15) is 17.5 Å². The third-order valence-electron chi connectivity index (χ3n) is 12.4. The predicted molar refractivity (Wildman–Crippen MR) is 247 cm³/mol. The van der Waals surface area contributed by atoms with Crippen molar-refractivity contribution in [3.63, 3.8) is 0 Å². The quantitative estimate of drug-likeness (QED) is 0.172. The van der Waals surface area contributed by atoms with Gasteiger partial charge in [0.15, 0.2) is 0 Å². The molecule has 0 radical (unpaired) electrons. The summed E-state index contributed by atoms with van der Waals surface area (Å²) in [6.45, 7) is 0. The van der Waals surface area contributed by atoms with Crippen LogP contribution in [0.15, 0.2) is 200 Å². The van der Waals surface area contributed by atoms with Gasteiger partial charge in [0.25, 0.3) is 0 Å². The van der Waals surface area contributed by atoms with Crippen LogP contribution in [-0.4, -0.2) is 14.1 Å². The Morgan fingerprint density at radius 2 is 0.831 bits per heavy atom. The molecule has 1 aliphatic rings. The van der Waals surface area contributed by atoms with Crippen molar-refractivity contribution < 1.29 is 0 Å². The number of rotatable bonds is 5. The Morgan fingerprint density at radius 1 is 0.356 bits per heavy atom. The zero-order valence-electron chi connectivity index (χ0n) is 32.5. The average Bonchev–Trinajstić information content (AvgIpc) is 3.74. The minimum atomic E-state index is 0.952. The van der Waals surface area contributed by atoms with Gasteiger partial charge in [-0.15, -0.1) is 0 Å². The number of hydrogen-bond donors (Lipinski definition) is 0. The van der Waals surface area contributed by atoms with Crippen LogP contribution in [-0.2, 0) is 12.8 Å². The molecule has 11 aromatic rings. The predicted octanol–water partition coefficient (Wildman–Crippen LogP) is 14.4. The highest BCUT2D eigenvalue weighted by atomic mass is 15.1. The van der Waals surface area contributed by atoms with Gasteiger partial charge in [0.05, 0.1) is 44.8 Å². The van der Waals surface area contributed by atoms with E-state index in [1.165, 1.54) is 65.9 Å². The first-order valence-corrected chi connectivity index (χ1v) is 20.7. The molecule has 3 heteroatoms. The first kappa shape index (κ1) is 33.6. The summed E-state index contributed by atoms with van der Waals surface area (Å²) in [6.07, 6.45) is 3.04. The smallest absolute Gasteiger partial charge is 0.0804 e. The summed E-state index contributed by atoms with van der Waals surface area (Å²) in [5, 5.41) is 4.95. The van der Waals surface area contributed by atoms with Crippen LogP contribution in [0.2, 0.25) is 0 Å². The first-order chi connectivity index (χ1) is 29.3. The summed E-state index contributed by atoms with van der Waals surface area (Å²) in [7, 11) is 0. The molecule has 0 fully saturated rings. The zero-order chi connectivity index (χ0) is 38.9. The summed E-state index contributed by atoms with van der Waals surface area (Å²) in [5.41, 5.74) is 18.7. The van der Waals surface area contributed by atoms with Gasteiger partial charge >= 0.3 is 0 Å². The van der Waals surface area contributed by atoms with E-state index < -0.39 is 0 Å². The largest absolute Gasteiger partial charge is 0.307 e. The number of benzene rings is 8. The Balaban J connectivity index is 1.34. The SMILES string of the molecule is c1ccc(-c2cc(-c3ccccc3)nc(-c3c4c(cc(-n5c6ccccc6c6ccccc65)c3-n3c5ccccc5c5ccccc53)CCCc3ccccc3-4)c2)cc1. The Morgan fingerprint density at radius 3 is 1.44 bits per heavy atom. The molecule has 0 amide bonds. The maximum atomic E-state index is 5.77. The molecule has 8 aromatic carbocycles. The van der Waals surface area contributed by atoms with Crippen LogP contribution in [0, 0.1) is 0 Å². The van der Waals surface area contributed by atoms with Crippen molar-refractivity contribution in [2.75, 3.05) is 0 Å². The van der Waals surface area contributed by atoms with Crippen molar-refractivity contribution in [1.82, 2.24) is 14.1 Å². The molecular weight excluding hydrogens is 715 g/mol. The Hall–Kier alpha value is -7.49. The third kappa shape index (κ3) is 5.32. The fourth-order valence-electron chi connectivity index (χ4n) is 9.87. The highest BCUT2D eigenvalue weighted by molar-refractivity contribution is 6.13. The molecular formula is C56H39N3.